The van der Waals surface area contributed by atoms with Gasteiger partial charge in [-0.25, -0.2) is 4.98 Å². The Morgan fingerprint density at radius 1 is 1.29 bits per heavy atom. The van der Waals surface area contributed by atoms with Crippen molar-refractivity contribution in [2.24, 2.45) is 0 Å². The largest absolute Gasteiger partial charge is 0.336 e. The number of hydrogen-bond acceptors (Lipinski definition) is 5. The van der Waals surface area contributed by atoms with Gasteiger partial charge in [-0.05, 0) is 56.4 Å². The molecule has 0 saturated heterocycles. The normalized spacial score (nSPS) is 14.1. The van der Waals surface area contributed by atoms with Gasteiger partial charge in [-0.3, -0.25) is 4.79 Å². The van der Waals surface area contributed by atoms with Crippen LogP contribution in [0.5, 0.6) is 0 Å². The van der Waals surface area contributed by atoms with E-state index in [0.717, 1.165) is 29.1 Å². The zero-order valence-electron chi connectivity index (χ0n) is 13.5. The van der Waals surface area contributed by atoms with E-state index in [0.29, 0.717) is 28.3 Å². The van der Waals surface area contributed by atoms with Crippen LogP contribution < -0.4 is 5.32 Å². The number of hydrogen-bond donors (Lipinski definition) is 1. The molecule has 0 spiro atoms. The van der Waals surface area contributed by atoms with Crippen LogP contribution in [0, 0.1) is 6.92 Å². The number of nitrogens with zero attached hydrogens (tertiary/aromatic N) is 2. The molecule has 6 heteroatoms. The molecule has 0 bridgehead atoms. The highest BCUT2D eigenvalue weighted by Crippen LogP contribution is 2.40. The second kappa shape index (κ2) is 5.94. The second-order valence-corrected chi connectivity index (χ2v) is 6.88. The van der Waals surface area contributed by atoms with Crippen molar-refractivity contribution in [3.63, 3.8) is 0 Å². The Labute approximate surface area is 143 Å². The summed E-state index contributed by atoms with van der Waals surface area (Å²) in [4.78, 5) is 18.5. The Kier molecular flexibility index (Phi) is 3.76. The fourth-order valence-corrected chi connectivity index (χ4v) is 3.16. The SMILES string of the molecule is CSc1ccc(NC(=O)c2cc(C3CC3)nc3onc(C)c23)cc1. The molecule has 3 aromatic rings. The summed E-state index contributed by atoms with van der Waals surface area (Å²) in [5.41, 5.74) is 3.39. The Hall–Kier alpha value is -2.34. The number of aryl methyl sites for hydroxylation is 1. The van der Waals surface area contributed by atoms with E-state index in [9.17, 15) is 4.79 Å². The number of nitrogens with one attached hydrogen (secondary N) is 1. The number of amides is 1. The monoisotopic (exact) mass is 339 g/mol. The molecule has 1 saturated carbocycles. The molecule has 2 aromatic heterocycles. The molecule has 122 valence electrons. The molecular weight excluding hydrogens is 322 g/mol. The van der Waals surface area contributed by atoms with Crippen LogP contribution in [0.4, 0.5) is 5.69 Å². The first kappa shape index (κ1) is 15.2. The van der Waals surface area contributed by atoms with E-state index < -0.39 is 0 Å². The van der Waals surface area contributed by atoms with Crippen molar-refractivity contribution in [2.75, 3.05) is 11.6 Å². The van der Waals surface area contributed by atoms with Gasteiger partial charge in [0.1, 0.15) is 0 Å². The van der Waals surface area contributed by atoms with Crippen LogP contribution in [-0.4, -0.2) is 22.3 Å². The molecule has 1 fully saturated rings. The average molecular weight is 339 g/mol. The van der Waals surface area contributed by atoms with Crippen LogP contribution in [0.25, 0.3) is 11.1 Å². The molecular formula is C18H17N3O2S. The van der Waals surface area contributed by atoms with Gasteiger partial charge >= 0.3 is 0 Å². The molecule has 1 amide bonds. The van der Waals surface area contributed by atoms with Gasteiger partial charge in [-0.15, -0.1) is 11.8 Å². The van der Waals surface area contributed by atoms with Crippen LogP contribution in [0.3, 0.4) is 0 Å². The first-order valence-corrected chi connectivity index (χ1v) is 9.10. The van der Waals surface area contributed by atoms with Gasteiger partial charge < -0.3 is 9.84 Å². The van der Waals surface area contributed by atoms with Gasteiger partial charge in [0.05, 0.1) is 16.6 Å². The summed E-state index contributed by atoms with van der Waals surface area (Å²) in [7, 11) is 0. The van der Waals surface area contributed by atoms with Gasteiger partial charge in [0.25, 0.3) is 11.6 Å². The maximum Gasteiger partial charge on any atom is 0.259 e. The number of carbonyl (C=O) groups excluding carboxylic acids is 1. The fourth-order valence-electron chi connectivity index (χ4n) is 2.75. The van der Waals surface area contributed by atoms with E-state index >= 15 is 0 Å². The molecule has 1 aliphatic carbocycles. The first-order valence-electron chi connectivity index (χ1n) is 7.88. The van der Waals surface area contributed by atoms with Crippen LogP contribution in [-0.2, 0) is 0 Å². The summed E-state index contributed by atoms with van der Waals surface area (Å²) in [5.74, 6) is 0.278. The molecule has 0 atom stereocenters. The highest BCUT2D eigenvalue weighted by atomic mass is 32.2. The third-order valence-electron chi connectivity index (χ3n) is 4.23. The lowest BCUT2D eigenvalue weighted by Gasteiger charge is -2.08. The average Bonchev–Trinajstić information content (AvgIpc) is 3.39. The molecule has 5 nitrogen and oxygen atoms in total. The third-order valence-corrected chi connectivity index (χ3v) is 4.97. The van der Waals surface area contributed by atoms with E-state index in [1.54, 1.807) is 11.8 Å². The van der Waals surface area contributed by atoms with Crippen molar-refractivity contribution in [1.29, 1.82) is 0 Å². The predicted molar refractivity (Wildman–Crippen MR) is 94.7 cm³/mol. The van der Waals surface area contributed by atoms with E-state index in [-0.39, 0.29) is 5.91 Å². The van der Waals surface area contributed by atoms with Crippen molar-refractivity contribution in [2.45, 2.75) is 30.6 Å². The smallest absolute Gasteiger partial charge is 0.259 e. The summed E-state index contributed by atoms with van der Waals surface area (Å²) in [6.45, 7) is 1.83. The van der Waals surface area contributed by atoms with Crippen LogP contribution in [0.15, 0.2) is 39.8 Å². The lowest BCUT2D eigenvalue weighted by atomic mass is 10.1. The van der Waals surface area contributed by atoms with Crippen molar-refractivity contribution >= 4 is 34.5 Å². The summed E-state index contributed by atoms with van der Waals surface area (Å²) >= 11 is 1.67. The van der Waals surface area contributed by atoms with Crippen molar-refractivity contribution in [3.05, 3.63) is 47.3 Å². The van der Waals surface area contributed by atoms with Gasteiger partial charge in [-0.1, -0.05) is 5.16 Å². The molecule has 0 radical (unpaired) electrons. The Balaban J connectivity index is 1.70. The lowest BCUT2D eigenvalue weighted by Crippen LogP contribution is -2.13. The number of anilines is 1. The maximum atomic E-state index is 12.8. The van der Waals surface area contributed by atoms with E-state index in [1.165, 1.54) is 0 Å². The minimum Gasteiger partial charge on any atom is -0.336 e. The van der Waals surface area contributed by atoms with Crippen molar-refractivity contribution < 1.29 is 9.32 Å². The van der Waals surface area contributed by atoms with Crippen LogP contribution >= 0.6 is 11.8 Å². The minimum atomic E-state index is -0.160. The Bertz CT molecular complexity index is 914. The van der Waals surface area contributed by atoms with Crippen LogP contribution in [0.2, 0.25) is 0 Å². The van der Waals surface area contributed by atoms with Gasteiger partial charge in [0, 0.05) is 22.2 Å². The molecule has 0 unspecified atom stereocenters. The molecule has 1 aliphatic rings. The highest BCUT2D eigenvalue weighted by molar-refractivity contribution is 7.98. The summed E-state index contributed by atoms with van der Waals surface area (Å²) in [6.07, 6.45) is 4.25. The van der Waals surface area contributed by atoms with E-state index in [1.807, 2.05) is 43.5 Å². The number of fused-ring (bicyclic) bond motifs is 1. The molecule has 0 aliphatic heterocycles. The molecule has 2 heterocycles. The Morgan fingerprint density at radius 3 is 2.71 bits per heavy atom. The minimum absolute atomic E-state index is 0.160. The number of benzene rings is 1. The molecule has 1 N–H and O–H groups in total. The maximum absolute atomic E-state index is 12.8. The molecule has 4 rings (SSSR count). The number of aromatic nitrogens is 2. The van der Waals surface area contributed by atoms with Crippen molar-refractivity contribution in [3.8, 4) is 0 Å². The highest BCUT2D eigenvalue weighted by Gasteiger charge is 2.28. The first-order chi connectivity index (χ1) is 11.7. The number of rotatable bonds is 4. The number of thioether (sulfide) groups is 1. The molecule has 1 aromatic carbocycles. The number of pyridine rings is 1. The zero-order valence-corrected chi connectivity index (χ0v) is 14.3. The lowest BCUT2D eigenvalue weighted by molar-refractivity contribution is 0.102. The van der Waals surface area contributed by atoms with E-state index in [2.05, 4.69) is 15.5 Å². The summed E-state index contributed by atoms with van der Waals surface area (Å²) in [5, 5.41) is 7.62. The van der Waals surface area contributed by atoms with Gasteiger partial charge in [0.15, 0.2) is 0 Å². The second-order valence-electron chi connectivity index (χ2n) is 6.00. The fraction of sp³-hybridized carbons (Fsp3) is 0.278. The van der Waals surface area contributed by atoms with E-state index in [4.69, 9.17) is 4.52 Å². The quantitative estimate of drug-likeness (QED) is 0.714. The molecule has 24 heavy (non-hydrogen) atoms. The van der Waals surface area contributed by atoms with Crippen LogP contribution in [0.1, 0.15) is 40.5 Å². The topological polar surface area (TPSA) is 68.0 Å². The summed E-state index contributed by atoms with van der Waals surface area (Å²) < 4.78 is 5.29. The number of carbonyl (C=O) groups is 1. The third kappa shape index (κ3) is 2.78. The predicted octanol–water partition coefficient (Wildman–Crippen LogP) is 4.38. The van der Waals surface area contributed by atoms with Gasteiger partial charge in [-0.2, -0.15) is 0 Å². The van der Waals surface area contributed by atoms with Gasteiger partial charge in [0.2, 0.25) is 0 Å². The Morgan fingerprint density at radius 2 is 2.04 bits per heavy atom. The zero-order chi connectivity index (χ0) is 16.7. The standard InChI is InChI=1S/C18H17N3O2S/c1-10-16-14(9-15(11-3-4-11)20-18(16)23-21-10)17(22)19-12-5-7-13(24-2)8-6-12/h5-9,11H,3-4H2,1-2H3,(H,19,22). The van der Waals surface area contributed by atoms with Crippen molar-refractivity contribution in [1.82, 2.24) is 10.1 Å². The summed E-state index contributed by atoms with van der Waals surface area (Å²) in [6, 6.07) is 9.68.